The van der Waals surface area contributed by atoms with Gasteiger partial charge >= 0.3 is 47.8 Å². The van der Waals surface area contributed by atoms with Crippen molar-refractivity contribution in [1.82, 2.24) is 5.48 Å². The van der Waals surface area contributed by atoms with E-state index in [-0.39, 0.29) is 67.8 Å². The van der Waals surface area contributed by atoms with Gasteiger partial charge in [0.1, 0.15) is 35.8 Å². The molecular formula is C54H53N3O16S4. The first-order valence-electron chi connectivity index (χ1n) is 24.9. The van der Waals surface area contributed by atoms with Crippen LogP contribution in [-0.2, 0) is 47.8 Å². The fraction of sp³-hybridized carbons (Fsp3) is 0.407. The lowest BCUT2D eigenvalue weighted by Gasteiger charge is -2.27. The third kappa shape index (κ3) is 15.0. The predicted molar refractivity (Wildman–Crippen MR) is 279 cm³/mol. The number of hydroxylamine groups is 1. The number of benzene rings is 3. The predicted octanol–water partition coefficient (Wildman–Crippen LogP) is 10.2. The van der Waals surface area contributed by atoms with E-state index in [1.807, 2.05) is 26.0 Å². The largest absolute Gasteiger partial charge is 0.462 e. The van der Waals surface area contributed by atoms with Crippen LogP contribution in [0.1, 0.15) is 125 Å². The van der Waals surface area contributed by atoms with Crippen molar-refractivity contribution in [3.05, 3.63) is 79.3 Å². The van der Waals surface area contributed by atoms with Crippen molar-refractivity contribution < 1.29 is 76.4 Å². The number of hydrogen-bond donors (Lipinski definition) is 1. The number of hydrogen-bond acceptors (Lipinski definition) is 23. The molecule has 19 nitrogen and oxygen atoms in total. The quantitative estimate of drug-likeness (QED) is 0.0222. The molecule has 2 aliphatic carbocycles. The second-order valence-electron chi connectivity index (χ2n) is 17.9. The molecule has 3 aromatic rings. The zero-order valence-corrected chi connectivity index (χ0v) is 45.7. The minimum atomic E-state index is -0.930. The van der Waals surface area contributed by atoms with E-state index in [0.29, 0.717) is 70.1 Å². The second kappa shape index (κ2) is 27.5. The van der Waals surface area contributed by atoms with Crippen molar-refractivity contribution in [3.8, 4) is 35.1 Å². The highest BCUT2D eigenvalue weighted by atomic mass is 32.2. The fourth-order valence-electron chi connectivity index (χ4n) is 8.22. The molecule has 0 atom stereocenters. The van der Waals surface area contributed by atoms with Crippen molar-refractivity contribution in [2.24, 2.45) is 11.8 Å². The summed E-state index contributed by atoms with van der Waals surface area (Å²) < 4.78 is 39.7. The third-order valence-electron chi connectivity index (χ3n) is 12.3. The maximum Gasteiger partial charge on any atom is 0.356 e. The van der Waals surface area contributed by atoms with E-state index in [2.05, 4.69) is 5.48 Å². The Morgan fingerprint density at radius 2 is 0.935 bits per heavy atom. The van der Waals surface area contributed by atoms with E-state index in [4.69, 9.17) is 38.0 Å². The van der Waals surface area contributed by atoms with Gasteiger partial charge in [-0.3, -0.25) is 19.2 Å². The Kier molecular flexibility index (Phi) is 20.7. The number of ether oxygens (including phenoxy) is 7. The lowest BCUT2D eigenvalue weighted by atomic mass is 9.87. The standard InChI is InChI=1S/C54H53N3O16S4/c1-5-7-25-57-73-50(63)34-15-23-36(24-16-34)70-49(62)33-13-21-38(22-14-33)72-52(65)40(28-56)54-76-45-41(67-29(3)58)43-44(42(46(45)77-54)68-30(4)59)75-53(74-43)39(27-55)51(64)71-37-19-11-32(12-20-37)48(61)69-35-17-9-31(10-18-35)47(60)66-26-8-6-2/h9-10,15-18,23-24,32-33,37-38,57H,5-8,11-14,19-22,25-26H2,1-4H3. The minimum absolute atomic E-state index is 0.0143. The van der Waals surface area contributed by atoms with Crippen LogP contribution in [-0.4, -0.2) is 73.1 Å². The Balaban J connectivity index is 0.970. The summed E-state index contributed by atoms with van der Waals surface area (Å²) in [5, 5.41) is 20.7. The normalized spacial score (nSPS) is 18.2. The summed E-state index contributed by atoms with van der Waals surface area (Å²) in [5.41, 5.74) is 2.50. The van der Waals surface area contributed by atoms with Gasteiger partial charge in [0.2, 0.25) is 0 Å². The van der Waals surface area contributed by atoms with E-state index in [9.17, 15) is 48.9 Å². The van der Waals surface area contributed by atoms with E-state index < -0.39 is 71.8 Å². The molecule has 1 N–H and O–H groups in total. The average Bonchev–Trinajstić information content (AvgIpc) is 4.17. The maximum atomic E-state index is 13.7. The summed E-state index contributed by atoms with van der Waals surface area (Å²) in [6, 6.07) is 15.9. The molecule has 0 unspecified atom stereocenters. The van der Waals surface area contributed by atoms with Gasteiger partial charge in [-0.15, -0.1) is 0 Å². The maximum absolute atomic E-state index is 13.7. The molecule has 0 spiro atoms. The van der Waals surface area contributed by atoms with Crippen LogP contribution in [0.15, 0.2) is 87.7 Å². The van der Waals surface area contributed by atoms with Crippen LogP contribution in [0, 0.1) is 34.5 Å². The molecule has 0 aromatic heterocycles. The van der Waals surface area contributed by atoms with Crippen LogP contribution >= 0.6 is 47.0 Å². The summed E-state index contributed by atoms with van der Waals surface area (Å²) in [6.45, 7) is 7.18. The molecule has 3 aromatic carbocycles. The molecule has 0 saturated heterocycles. The Morgan fingerprint density at radius 3 is 1.30 bits per heavy atom. The van der Waals surface area contributed by atoms with Gasteiger partial charge in [-0.05, 0) is 113 Å². The lowest BCUT2D eigenvalue weighted by molar-refractivity contribution is -0.149. The van der Waals surface area contributed by atoms with Gasteiger partial charge in [0.05, 0.1) is 57.6 Å². The van der Waals surface area contributed by atoms with E-state index >= 15 is 0 Å². The van der Waals surface area contributed by atoms with Crippen molar-refractivity contribution in [1.29, 1.82) is 10.5 Å². The third-order valence-corrected chi connectivity index (χ3v) is 17.4. The van der Waals surface area contributed by atoms with Gasteiger partial charge in [-0.1, -0.05) is 73.7 Å². The molecule has 2 heterocycles. The number of nitriles is 2. The molecule has 2 fully saturated rings. The molecule has 404 valence electrons. The summed E-state index contributed by atoms with van der Waals surface area (Å²) in [4.78, 5) is 109. The highest BCUT2D eigenvalue weighted by Gasteiger charge is 2.42. The van der Waals surface area contributed by atoms with Crippen LogP contribution < -0.4 is 24.4 Å². The van der Waals surface area contributed by atoms with Crippen LogP contribution in [0.5, 0.6) is 23.0 Å². The average molecular weight is 1130 g/mol. The smallest absolute Gasteiger partial charge is 0.356 e. The zero-order valence-electron chi connectivity index (χ0n) is 42.4. The molecule has 2 aliphatic heterocycles. The minimum Gasteiger partial charge on any atom is -0.462 e. The van der Waals surface area contributed by atoms with Gasteiger partial charge in [-0.2, -0.15) is 16.0 Å². The van der Waals surface area contributed by atoms with Gasteiger partial charge in [0.25, 0.3) is 0 Å². The fourth-order valence-corrected chi connectivity index (χ4v) is 13.5. The summed E-state index contributed by atoms with van der Waals surface area (Å²) in [5.74, 6) is -5.82. The Hall–Kier alpha value is -6.76. The summed E-state index contributed by atoms with van der Waals surface area (Å²) >= 11 is 3.66. The number of fused-ring (bicyclic) bond motifs is 2. The first-order valence-corrected chi connectivity index (χ1v) is 28.1. The number of unbranched alkanes of at least 4 members (excludes halogenated alkanes) is 2. The van der Waals surface area contributed by atoms with E-state index in [1.54, 1.807) is 0 Å². The first-order chi connectivity index (χ1) is 37.1. The summed E-state index contributed by atoms with van der Waals surface area (Å²) in [7, 11) is 0. The number of nitrogens with one attached hydrogen (secondary N) is 1. The highest BCUT2D eigenvalue weighted by Crippen LogP contribution is 2.68. The zero-order chi connectivity index (χ0) is 55.2. The van der Waals surface area contributed by atoms with Crippen LogP contribution in [0.25, 0.3) is 0 Å². The number of nitrogens with zero attached hydrogens (tertiary/aromatic N) is 2. The highest BCUT2D eigenvalue weighted by molar-refractivity contribution is 8.26. The molecule has 2 saturated carbocycles. The molecule has 7 rings (SSSR count). The van der Waals surface area contributed by atoms with Crippen LogP contribution in [0.4, 0.5) is 0 Å². The Bertz CT molecular complexity index is 2890. The molecule has 4 aliphatic rings. The van der Waals surface area contributed by atoms with Crippen LogP contribution in [0.3, 0.4) is 0 Å². The van der Waals surface area contributed by atoms with E-state index in [1.165, 1.54) is 62.4 Å². The molecular weight excluding hydrogens is 1070 g/mol. The van der Waals surface area contributed by atoms with Crippen molar-refractivity contribution in [2.75, 3.05) is 13.2 Å². The van der Waals surface area contributed by atoms with E-state index in [0.717, 1.165) is 72.7 Å². The van der Waals surface area contributed by atoms with Crippen molar-refractivity contribution in [3.63, 3.8) is 0 Å². The number of carbonyl (C=O) groups is 8. The molecule has 0 bridgehead atoms. The molecule has 0 amide bonds. The van der Waals surface area contributed by atoms with Gasteiger partial charge in [0, 0.05) is 20.4 Å². The number of rotatable bonds is 19. The lowest BCUT2D eigenvalue weighted by Crippen LogP contribution is -2.30. The Morgan fingerprint density at radius 1 is 0.545 bits per heavy atom. The molecule has 77 heavy (non-hydrogen) atoms. The number of esters is 7. The number of carbonyl (C=O) groups excluding carboxylic acids is 8. The first kappa shape index (κ1) is 57.9. The Labute approximate surface area is 460 Å². The number of thioether (sulfide) groups is 4. The van der Waals surface area contributed by atoms with Crippen molar-refractivity contribution >= 4 is 94.8 Å². The monoisotopic (exact) mass is 1130 g/mol. The molecule has 0 radical (unpaired) electrons. The topological polar surface area (TPSA) is 270 Å². The summed E-state index contributed by atoms with van der Waals surface area (Å²) in [6.07, 6.45) is 4.71. The van der Waals surface area contributed by atoms with Gasteiger partial charge in [0.15, 0.2) is 22.6 Å². The SMILES string of the molecule is CCCCNOC(=O)c1ccc(OC(=O)C2CCC(OC(=O)C(C#N)=C3Sc4c(OC(C)=O)c5c(c(OC(C)=O)c4S3)SC(=C(C#N)C(=O)OC3CCC(C(=O)Oc4ccc(C(=O)OCCCC)cc4)CC3)S5)CC2)cc1. The second-order valence-corrected chi connectivity index (χ2v) is 22.5. The van der Waals surface area contributed by atoms with Gasteiger partial charge in [-0.25, -0.2) is 19.2 Å². The van der Waals surface area contributed by atoms with Crippen molar-refractivity contribution in [2.45, 2.75) is 137 Å². The van der Waals surface area contributed by atoms with Gasteiger partial charge < -0.3 is 38.0 Å². The van der Waals surface area contributed by atoms with Crippen LogP contribution in [0.2, 0.25) is 0 Å². The molecule has 23 heteroatoms.